The van der Waals surface area contributed by atoms with E-state index >= 15 is 0 Å². The van der Waals surface area contributed by atoms with Gasteiger partial charge in [0.05, 0.1) is 6.10 Å². The summed E-state index contributed by atoms with van der Waals surface area (Å²) in [5.41, 5.74) is 0. The minimum absolute atomic E-state index is 0.154. The molecule has 0 saturated heterocycles. The number of hydrogen-bond acceptors (Lipinski definition) is 4. The second kappa shape index (κ2) is 11.6. The van der Waals surface area contributed by atoms with E-state index in [0.29, 0.717) is 12.8 Å². The van der Waals surface area contributed by atoms with Crippen LogP contribution in [0.4, 0.5) is 0 Å². The summed E-state index contributed by atoms with van der Waals surface area (Å²) in [6, 6.07) is 0. The van der Waals surface area contributed by atoms with Crippen LogP contribution in [-0.4, -0.2) is 30.8 Å². The van der Waals surface area contributed by atoms with E-state index in [1.165, 1.54) is 12.8 Å². The molecule has 0 heterocycles. The van der Waals surface area contributed by atoms with Gasteiger partial charge in [-0.2, -0.15) is 8.42 Å². The molecule has 0 aromatic rings. The Morgan fingerprint density at radius 1 is 0.947 bits per heavy atom. The minimum atomic E-state index is -4.36. The quantitative estimate of drug-likeness (QED) is 0.403. The molecule has 0 aromatic carbocycles. The van der Waals surface area contributed by atoms with Crippen LogP contribution in [0.3, 0.4) is 0 Å². The molecule has 2 N–H and O–H groups in total. The number of aliphatic hydroxyl groups excluding tert-OH is 1. The number of rotatable bonds is 13. The predicted molar refractivity (Wildman–Crippen MR) is 75.4 cm³/mol. The maximum atomic E-state index is 10.8. The van der Waals surface area contributed by atoms with Crippen LogP contribution in [0.5, 0.6) is 0 Å². The zero-order valence-electron chi connectivity index (χ0n) is 11.9. The Labute approximate surface area is 117 Å². The molecule has 0 amide bonds. The molecule has 1 atom stereocenters. The zero-order chi connectivity index (χ0) is 14.6. The van der Waals surface area contributed by atoms with Gasteiger partial charge in [0, 0.05) is 6.61 Å². The Balaban J connectivity index is 3.90. The average molecular weight is 296 g/mol. The van der Waals surface area contributed by atoms with Crippen molar-refractivity contribution in [2.75, 3.05) is 6.61 Å². The first kappa shape index (κ1) is 18.8. The fourth-order valence-corrected chi connectivity index (χ4v) is 2.59. The standard InChI is InChI=1S/C13H28O5S/c1-2-3-4-5-7-10-13(18-19(15,16)17)11-8-6-9-12-14/h13-14H,2-12H2,1H3,(H,15,16,17). The van der Waals surface area contributed by atoms with Crippen molar-refractivity contribution in [1.82, 2.24) is 0 Å². The summed E-state index contributed by atoms with van der Waals surface area (Å²) < 4.78 is 34.9. The van der Waals surface area contributed by atoms with E-state index in [-0.39, 0.29) is 6.61 Å². The summed E-state index contributed by atoms with van der Waals surface area (Å²) in [4.78, 5) is 0. The largest absolute Gasteiger partial charge is 0.397 e. The Kier molecular flexibility index (Phi) is 11.5. The van der Waals surface area contributed by atoms with E-state index in [0.717, 1.165) is 38.5 Å². The lowest BCUT2D eigenvalue weighted by Gasteiger charge is -2.15. The van der Waals surface area contributed by atoms with Crippen molar-refractivity contribution in [2.24, 2.45) is 0 Å². The van der Waals surface area contributed by atoms with Crippen LogP contribution in [0.1, 0.15) is 71.1 Å². The van der Waals surface area contributed by atoms with E-state index in [9.17, 15) is 8.42 Å². The SMILES string of the molecule is CCCCCCCC(CCCCCO)OS(=O)(=O)O. The monoisotopic (exact) mass is 296 g/mol. The third-order valence-electron chi connectivity index (χ3n) is 3.07. The van der Waals surface area contributed by atoms with Crippen LogP contribution in [0.2, 0.25) is 0 Å². The van der Waals surface area contributed by atoms with Crippen molar-refractivity contribution < 1.29 is 22.3 Å². The smallest absolute Gasteiger partial charge is 0.396 e. The number of hydrogen-bond donors (Lipinski definition) is 2. The summed E-state index contributed by atoms with van der Waals surface area (Å²) in [5.74, 6) is 0. The molecule has 0 fully saturated rings. The molecule has 0 rings (SSSR count). The van der Waals surface area contributed by atoms with Crippen LogP contribution >= 0.6 is 0 Å². The fourth-order valence-electron chi connectivity index (χ4n) is 2.05. The van der Waals surface area contributed by atoms with E-state index in [1.54, 1.807) is 0 Å². The van der Waals surface area contributed by atoms with Gasteiger partial charge in [0.15, 0.2) is 0 Å². The van der Waals surface area contributed by atoms with Crippen LogP contribution < -0.4 is 0 Å². The molecule has 5 nitrogen and oxygen atoms in total. The van der Waals surface area contributed by atoms with Gasteiger partial charge >= 0.3 is 10.4 Å². The summed E-state index contributed by atoms with van der Waals surface area (Å²) in [6.07, 6.45) is 8.69. The average Bonchev–Trinajstić information content (AvgIpc) is 2.32. The van der Waals surface area contributed by atoms with Gasteiger partial charge in [-0.15, -0.1) is 0 Å². The molecular formula is C13H28O5S. The van der Waals surface area contributed by atoms with Gasteiger partial charge in [-0.25, -0.2) is 4.18 Å². The molecular weight excluding hydrogens is 268 g/mol. The Morgan fingerprint density at radius 2 is 1.47 bits per heavy atom. The molecule has 0 saturated carbocycles. The van der Waals surface area contributed by atoms with Crippen molar-refractivity contribution in [3.05, 3.63) is 0 Å². The number of unbranched alkanes of at least 4 members (excludes halogenated alkanes) is 6. The lowest BCUT2D eigenvalue weighted by molar-refractivity contribution is 0.156. The highest BCUT2D eigenvalue weighted by Gasteiger charge is 2.16. The molecule has 116 valence electrons. The highest BCUT2D eigenvalue weighted by atomic mass is 32.3. The molecule has 6 heteroatoms. The first-order chi connectivity index (χ1) is 8.99. The van der Waals surface area contributed by atoms with Gasteiger partial charge in [0.25, 0.3) is 0 Å². The molecule has 0 aliphatic carbocycles. The van der Waals surface area contributed by atoms with Crippen LogP contribution in [0.15, 0.2) is 0 Å². The van der Waals surface area contributed by atoms with Gasteiger partial charge < -0.3 is 5.11 Å². The first-order valence-electron chi connectivity index (χ1n) is 7.26. The molecule has 0 spiro atoms. The lowest BCUT2D eigenvalue weighted by atomic mass is 10.0. The second-order valence-electron chi connectivity index (χ2n) is 4.92. The first-order valence-corrected chi connectivity index (χ1v) is 8.62. The van der Waals surface area contributed by atoms with E-state index in [4.69, 9.17) is 9.66 Å². The van der Waals surface area contributed by atoms with Gasteiger partial charge in [-0.1, -0.05) is 51.9 Å². The molecule has 0 aromatic heterocycles. The molecule has 0 aliphatic rings. The summed E-state index contributed by atoms with van der Waals surface area (Å²) in [6.45, 7) is 2.30. The molecule has 1 unspecified atom stereocenters. The van der Waals surface area contributed by atoms with Crippen LogP contribution in [0.25, 0.3) is 0 Å². The highest BCUT2D eigenvalue weighted by Crippen LogP contribution is 2.16. The van der Waals surface area contributed by atoms with Crippen LogP contribution in [-0.2, 0) is 14.6 Å². The highest BCUT2D eigenvalue weighted by molar-refractivity contribution is 7.80. The predicted octanol–water partition coefficient (Wildman–Crippen LogP) is 3.09. The summed E-state index contributed by atoms with van der Waals surface area (Å²) >= 11 is 0. The van der Waals surface area contributed by atoms with Crippen molar-refractivity contribution in [1.29, 1.82) is 0 Å². The molecule has 0 bridgehead atoms. The molecule has 0 aliphatic heterocycles. The van der Waals surface area contributed by atoms with Gasteiger partial charge in [-0.05, 0) is 19.3 Å². The lowest BCUT2D eigenvalue weighted by Crippen LogP contribution is -2.18. The van der Waals surface area contributed by atoms with E-state index in [1.807, 2.05) is 0 Å². The summed E-state index contributed by atoms with van der Waals surface area (Å²) in [5, 5.41) is 8.67. The molecule has 0 radical (unpaired) electrons. The minimum Gasteiger partial charge on any atom is -0.396 e. The topological polar surface area (TPSA) is 83.8 Å². The van der Waals surface area contributed by atoms with Crippen molar-refractivity contribution >= 4 is 10.4 Å². The third-order valence-corrected chi connectivity index (χ3v) is 3.59. The van der Waals surface area contributed by atoms with E-state index in [2.05, 4.69) is 11.1 Å². The fraction of sp³-hybridized carbons (Fsp3) is 1.00. The van der Waals surface area contributed by atoms with Gasteiger partial charge in [-0.3, -0.25) is 4.55 Å². The Bertz CT molecular complexity index is 289. The van der Waals surface area contributed by atoms with Crippen molar-refractivity contribution in [3.8, 4) is 0 Å². The van der Waals surface area contributed by atoms with Crippen molar-refractivity contribution in [2.45, 2.75) is 77.2 Å². The third kappa shape index (κ3) is 14.1. The van der Waals surface area contributed by atoms with E-state index < -0.39 is 16.5 Å². The van der Waals surface area contributed by atoms with Crippen LogP contribution in [0, 0.1) is 0 Å². The maximum Gasteiger partial charge on any atom is 0.397 e. The summed E-state index contributed by atoms with van der Waals surface area (Å²) in [7, 11) is -4.36. The zero-order valence-corrected chi connectivity index (χ0v) is 12.7. The van der Waals surface area contributed by atoms with Gasteiger partial charge in [0.2, 0.25) is 0 Å². The van der Waals surface area contributed by atoms with Gasteiger partial charge in [0.1, 0.15) is 0 Å². The maximum absolute atomic E-state index is 10.8. The van der Waals surface area contributed by atoms with Crippen molar-refractivity contribution in [3.63, 3.8) is 0 Å². The second-order valence-corrected chi connectivity index (χ2v) is 5.97. The molecule has 19 heavy (non-hydrogen) atoms. The Morgan fingerprint density at radius 3 is 1.95 bits per heavy atom. The Hall–Kier alpha value is -0.170. The normalized spacial score (nSPS) is 13.6. The number of aliphatic hydroxyl groups is 1.